The average molecular weight is 299 g/mol. The number of nitrogens with two attached hydrogens (primary N) is 1. The highest BCUT2D eigenvalue weighted by molar-refractivity contribution is 8.93. The summed E-state index contributed by atoms with van der Waals surface area (Å²) in [5.74, 6) is 0. The lowest BCUT2D eigenvalue weighted by atomic mass is 10.0. The first-order chi connectivity index (χ1) is 7.16. The number of nitrogens with zero attached hydrogens (tertiary/aromatic N) is 1. The maximum Gasteiger partial charge on any atom is 0.180 e. The minimum atomic E-state index is 0. The summed E-state index contributed by atoms with van der Waals surface area (Å²) in [6.07, 6.45) is 0.938. The first kappa shape index (κ1) is 13.2. The fourth-order valence-electron chi connectivity index (χ4n) is 1.60. The largest absolute Gasteiger partial charge is 0.375 e. The summed E-state index contributed by atoms with van der Waals surface area (Å²) >= 11 is 1.58. The molecule has 0 saturated heterocycles. The van der Waals surface area contributed by atoms with Gasteiger partial charge in [-0.05, 0) is 25.0 Å². The molecule has 0 aliphatic rings. The van der Waals surface area contributed by atoms with Crippen molar-refractivity contribution in [3.05, 3.63) is 46.0 Å². The van der Waals surface area contributed by atoms with Gasteiger partial charge in [-0.3, -0.25) is 0 Å². The Hall–Kier alpha value is -0.870. The van der Waals surface area contributed by atoms with Gasteiger partial charge in [0.2, 0.25) is 0 Å². The highest BCUT2D eigenvalue weighted by Gasteiger charge is 2.07. The van der Waals surface area contributed by atoms with Gasteiger partial charge in [0, 0.05) is 11.3 Å². The van der Waals surface area contributed by atoms with E-state index >= 15 is 0 Å². The molecule has 16 heavy (non-hydrogen) atoms. The molecule has 0 spiro atoms. The molecule has 0 bridgehead atoms. The molecule has 1 heterocycles. The standard InChI is InChI=1S/C12H14N2S.BrH/c1-8-5-3-4-6-10(8)7-11-9(2)14-12(13)15-11;/h3-6H,7H2,1-2H3,(H2,13,14);1H. The number of hydrogen-bond donors (Lipinski definition) is 1. The topological polar surface area (TPSA) is 38.9 Å². The number of rotatable bonds is 2. The van der Waals surface area contributed by atoms with Gasteiger partial charge in [-0.15, -0.1) is 28.3 Å². The zero-order valence-corrected chi connectivity index (χ0v) is 11.9. The quantitative estimate of drug-likeness (QED) is 0.921. The van der Waals surface area contributed by atoms with E-state index in [-0.39, 0.29) is 17.0 Å². The second kappa shape index (κ2) is 5.46. The van der Waals surface area contributed by atoms with Crippen molar-refractivity contribution in [2.75, 3.05) is 5.73 Å². The summed E-state index contributed by atoms with van der Waals surface area (Å²) in [6.45, 7) is 4.15. The Balaban J connectivity index is 0.00000128. The van der Waals surface area contributed by atoms with Crippen LogP contribution in [0.5, 0.6) is 0 Å². The molecule has 0 radical (unpaired) electrons. The van der Waals surface area contributed by atoms with E-state index in [1.54, 1.807) is 11.3 Å². The zero-order valence-electron chi connectivity index (χ0n) is 9.36. The molecule has 0 aliphatic heterocycles. The Bertz CT molecular complexity index is 480. The molecular weight excluding hydrogens is 284 g/mol. The molecule has 0 unspecified atom stereocenters. The van der Waals surface area contributed by atoms with Crippen LogP contribution in [0.2, 0.25) is 0 Å². The van der Waals surface area contributed by atoms with Gasteiger partial charge >= 0.3 is 0 Å². The molecule has 2 rings (SSSR count). The van der Waals surface area contributed by atoms with Crippen LogP contribution < -0.4 is 5.73 Å². The maximum absolute atomic E-state index is 5.68. The number of thiazole rings is 1. The van der Waals surface area contributed by atoms with Crippen molar-refractivity contribution in [2.24, 2.45) is 0 Å². The molecule has 0 aliphatic carbocycles. The molecule has 1 aromatic heterocycles. The van der Waals surface area contributed by atoms with Crippen LogP contribution in [0.4, 0.5) is 5.13 Å². The van der Waals surface area contributed by atoms with Gasteiger partial charge in [-0.1, -0.05) is 24.3 Å². The van der Waals surface area contributed by atoms with E-state index in [0.29, 0.717) is 5.13 Å². The number of benzene rings is 1. The van der Waals surface area contributed by atoms with Crippen LogP contribution in [-0.2, 0) is 6.42 Å². The fraction of sp³-hybridized carbons (Fsp3) is 0.250. The van der Waals surface area contributed by atoms with E-state index < -0.39 is 0 Å². The minimum Gasteiger partial charge on any atom is -0.375 e. The van der Waals surface area contributed by atoms with Crippen molar-refractivity contribution in [3.63, 3.8) is 0 Å². The summed E-state index contributed by atoms with van der Waals surface area (Å²) in [7, 11) is 0. The Morgan fingerprint density at radius 2 is 1.94 bits per heavy atom. The van der Waals surface area contributed by atoms with Crippen molar-refractivity contribution in [2.45, 2.75) is 20.3 Å². The Morgan fingerprint density at radius 1 is 1.25 bits per heavy atom. The molecule has 4 heteroatoms. The predicted molar refractivity (Wildman–Crippen MR) is 75.6 cm³/mol. The second-order valence-corrected chi connectivity index (χ2v) is 4.78. The predicted octanol–water partition coefficient (Wildman–Crippen LogP) is 3.51. The number of nitrogen functional groups attached to an aromatic ring is 1. The van der Waals surface area contributed by atoms with Gasteiger partial charge in [0.25, 0.3) is 0 Å². The molecule has 0 saturated carbocycles. The lowest BCUT2D eigenvalue weighted by molar-refractivity contribution is 1.13. The number of aromatic nitrogens is 1. The summed E-state index contributed by atoms with van der Waals surface area (Å²) in [5.41, 5.74) is 9.41. The van der Waals surface area contributed by atoms with Crippen molar-refractivity contribution in [1.82, 2.24) is 4.98 Å². The maximum atomic E-state index is 5.68. The summed E-state index contributed by atoms with van der Waals surface area (Å²) in [5, 5.41) is 0.663. The van der Waals surface area contributed by atoms with E-state index in [2.05, 4.69) is 36.2 Å². The SMILES string of the molecule is Br.Cc1ccccc1Cc1sc(N)nc1C. The van der Waals surface area contributed by atoms with Gasteiger partial charge in [0.1, 0.15) is 0 Å². The third kappa shape index (κ3) is 2.83. The number of halogens is 1. The highest BCUT2D eigenvalue weighted by atomic mass is 79.9. The molecule has 2 N–H and O–H groups in total. The van der Waals surface area contributed by atoms with E-state index in [0.717, 1.165) is 12.1 Å². The molecule has 1 aromatic carbocycles. The number of aryl methyl sites for hydroxylation is 2. The first-order valence-electron chi connectivity index (χ1n) is 4.93. The van der Waals surface area contributed by atoms with Gasteiger partial charge in [0.15, 0.2) is 5.13 Å². The average Bonchev–Trinajstić information content (AvgIpc) is 2.49. The van der Waals surface area contributed by atoms with E-state index in [1.807, 2.05) is 6.92 Å². The van der Waals surface area contributed by atoms with E-state index in [4.69, 9.17) is 5.73 Å². The van der Waals surface area contributed by atoms with Gasteiger partial charge < -0.3 is 5.73 Å². The lowest BCUT2D eigenvalue weighted by Gasteiger charge is -2.03. The smallest absolute Gasteiger partial charge is 0.180 e. The number of anilines is 1. The molecule has 0 amide bonds. The van der Waals surface area contributed by atoms with Gasteiger partial charge in [-0.25, -0.2) is 4.98 Å². The Morgan fingerprint density at radius 3 is 2.50 bits per heavy atom. The van der Waals surface area contributed by atoms with Crippen LogP contribution >= 0.6 is 28.3 Å². The zero-order chi connectivity index (χ0) is 10.8. The van der Waals surface area contributed by atoms with E-state index in [9.17, 15) is 0 Å². The Kier molecular flexibility index (Phi) is 4.50. The Labute approximate surface area is 110 Å². The molecule has 0 fully saturated rings. The van der Waals surface area contributed by atoms with Crippen LogP contribution in [0, 0.1) is 13.8 Å². The summed E-state index contributed by atoms with van der Waals surface area (Å²) in [4.78, 5) is 5.50. The monoisotopic (exact) mass is 298 g/mol. The third-order valence-electron chi connectivity index (χ3n) is 2.52. The van der Waals surface area contributed by atoms with Crippen LogP contribution in [0.3, 0.4) is 0 Å². The van der Waals surface area contributed by atoms with Crippen molar-refractivity contribution in [1.29, 1.82) is 0 Å². The van der Waals surface area contributed by atoms with Crippen molar-refractivity contribution in [3.8, 4) is 0 Å². The van der Waals surface area contributed by atoms with Gasteiger partial charge in [0.05, 0.1) is 5.69 Å². The minimum absolute atomic E-state index is 0. The molecule has 0 atom stereocenters. The van der Waals surface area contributed by atoms with E-state index in [1.165, 1.54) is 16.0 Å². The molecular formula is C12H15BrN2S. The van der Waals surface area contributed by atoms with Crippen LogP contribution in [0.25, 0.3) is 0 Å². The molecule has 2 aromatic rings. The normalized spacial score (nSPS) is 9.88. The van der Waals surface area contributed by atoms with Crippen molar-refractivity contribution >= 4 is 33.4 Å². The van der Waals surface area contributed by atoms with Crippen molar-refractivity contribution < 1.29 is 0 Å². The van der Waals surface area contributed by atoms with Crippen LogP contribution in [0.1, 0.15) is 21.7 Å². The van der Waals surface area contributed by atoms with Gasteiger partial charge in [-0.2, -0.15) is 0 Å². The summed E-state index contributed by atoms with van der Waals surface area (Å²) in [6, 6.07) is 8.43. The first-order valence-corrected chi connectivity index (χ1v) is 5.75. The molecule has 2 nitrogen and oxygen atoms in total. The summed E-state index contributed by atoms with van der Waals surface area (Å²) < 4.78 is 0. The fourth-order valence-corrected chi connectivity index (χ4v) is 2.45. The number of hydrogen-bond acceptors (Lipinski definition) is 3. The molecule has 86 valence electrons. The second-order valence-electron chi connectivity index (χ2n) is 3.66. The van der Waals surface area contributed by atoms with Crippen LogP contribution in [0.15, 0.2) is 24.3 Å². The van der Waals surface area contributed by atoms with Crippen LogP contribution in [-0.4, -0.2) is 4.98 Å². The lowest BCUT2D eigenvalue weighted by Crippen LogP contribution is -1.90. The third-order valence-corrected chi connectivity index (χ3v) is 3.51. The highest BCUT2D eigenvalue weighted by Crippen LogP contribution is 2.23.